The summed E-state index contributed by atoms with van der Waals surface area (Å²) in [6.07, 6.45) is 2.05. The maximum Gasteiger partial charge on any atom is 0.248 e. The van der Waals surface area contributed by atoms with Gasteiger partial charge in [0.15, 0.2) is 0 Å². The van der Waals surface area contributed by atoms with E-state index in [0.717, 1.165) is 32.5 Å². The third-order valence-corrected chi connectivity index (χ3v) is 4.20. The van der Waals surface area contributed by atoms with Crippen molar-refractivity contribution >= 4 is 5.91 Å². The van der Waals surface area contributed by atoms with Gasteiger partial charge in [0.2, 0.25) is 5.91 Å². The van der Waals surface area contributed by atoms with Gasteiger partial charge in [0.25, 0.3) is 0 Å². The highest BCUT2D eigenvalue weighted by Crippen LogP contribution is 2.15. The number of carbonyl (C=O) groups excluding carboxylic acids is 1. The molecule has 1 aromatic carbocycles. The first kappa shape index (κ1) is 16.0. The molecule has 0 spiro atoms. The van der Waals surface area contributed by atoms with E-state index in [2.05, 4.69) is 42.6 Å². The molecule has 1 N–H and O–H groups in total. The number of hydrogen-bond donors (Lipinski definition) is 1. The van der Waals surface area contributed by atoms with E-state index in [9.17, 15) is 4.79 Å². The van der Waals surface area contributed by atoms with Crippen LogP contribution in [0.25, 0.3) is 0 Å². The fourth-order valence-electron chi connectivity index (χ4n) is 2.79. The molecule has 1 atom stereocenters. The molecule has 0 aliphatic carbocycles. The van der Waals surface area contributed by atoms with Crippen molar-refractivity contribution in [1.29, 1.82) is 0 Å². The van der Waals surface area contributed by atoms with Crippen molar-refractivity contribution in [2.75, 3.05) is 33.4 Å². The quantitative estimate of drug-likeness (QED) is 0.871. The normalized spacial score (nSPS) is 17.7. The Morgan fingerprint density at radius 1 is 1.33 bits per heavy atom. The van der Waals surface area contributed by atoms with Crippen molar-refractivity contribution < 1.29 is 9.53 Å². The number of nitrogens with zero attached hydrogens (tertiary/aromatic N) is 1. The SMILES string of the molecule is COCC(=O)N1CCC(NCC(C)c2ccccc2)CC1. The summed E-state index contributed by atoms with van der Waals surface area (Å²) in [5.41, 5.74) is 1.37. The van der Waals surface area contributed by atoms with E-state index in [1.807, 2.05) is 4.90 Å². The molecule has 4 heteroatoms. The first-order valence-corrected chi connectivity index (χ1v) is 7.75. The fraction of sp³-hybridized carbons (Fsp3) is 0.588. The Balaban J connectivity index is 1.70. The number of amides is 1. The van der Waals surface area contributed by atoms with Crippen molar-refractivity contribution in [3.8, 4) is 0 Å². The van der Waals surface area contributed by atoms with Gasteiger partial charge in [-0.1, -0.05) is 37.3 Å². The fourth-order valence-corrected chi connectivity index (χ4v) is 2.79. The minimum atomic E-state index is 0.105. The highest BCUT2D eigenvalue weighted by atomic mass is 16.5. The summed E-state index contributed by atoms with van der Waals surface area (Å²) in [4.78, 5) is 13.6. The Morgan fingerprint density at radius 2 is 2.00 bits per heavy atom. The third kappa shape index (κ3) is 4.83. The summed E-state index contributed by atoms with van der Waals surface area (Å²) in [5, 5.41) is 3.64. The standard InChI is InChI=1S/C17H26N2O2/c1-14(15-6-4-3-5-7-15)12-18-16-8-10-19(11-9-16)17(20)13-21-2/h3-7,14,16,18H,8-13H2,1-2H3. The minimum Gasteiger partial charge on any atom is -0.375 e. The number of carbonyl (C=O) groups is 1. The summed E-state index contributed by atoms with van der Waals surface area (Å²) in [7, 11) is 1.57. The molecular formula is C17H26N2O2. The maximum atomic E-state index is 11.7. The molecule has 116 valence electrons. The number of rotatable bonds is 6. The number of ether oxygens (including phenoxy) is 1. The second-order valence-electron chi connectivity index (χ2n) is 5.81. The third-order valence-electron chi connectivity index (χ3n) is 4.20. The van der Waals surface area contributed by atoms with Gasteiger partial charge in [-0.2, -0.15) is 0 Å². The Bertz CT molecular complexity index is 428. The second kappa shape index (κ2) is 8.15. The predicted molar refractivity (Wildman–Crippen MR) is 84.3 cm³/mol. The number of methoxy groups -OCH3 is 1. The van der Waals surface area contributed by atoms with Crippen LogP contribution in [0.5, 0.6) is 0 Å². The van der Waals surface area contributed by atoms with Gasteiger partial charge in [-0.05, 0) is 24.3 Å². The van der Waals surface area contributed by atoms with E-state index in [-0.39, 0.29) is 12.5 Å². The number of piperidine rings is 1. The molecule has 4 nitrogen and oxygen atoms in total. The minimum absolute atomic E-state index is 0.105. The molecule has 0 radical (unpaired) electrons. The average molecular weight is 290 g/mol. The Labute approximate surface area is 127 Å². The molecule has 0 bridgehead atoms. The molecule has 1 saturated heterocycles. The van der Waals surface area contributed by atoms with E-state index in [1.54, 1.807) is 7.11 Å². The molecule has 0 saturated carbocycles. The number of nitrogens with one attached hydrogen (secondary N) is 1. The molecule has 21 heavy (non-hydrogen) atoms. The lowest BCUT2D eigenvalue weighted by Crippen LogP contribution is -2.46. The molecular weight excluding hydrogens is 264 g/mol. The first-order chi connectivity index (χ1) is 10.2. The Kier molecular flexibility index (Phi) is 6.21. The van der Waals surface area contributed by atoms with Gasteiger partial charge in [-0.25, -0.2) is 0 Å². The van der Waals surface area contributed by atoms with Gasteiger partial charge >= 0.3 is 0 Å². The second-order valence-corrected chi connectivity index (χ2v) is 5.81. The lowest BCUT2D eigenvalue weighted by atomic mass is 9.99. The molecule has 1 aliphatic heterocycles. The van der Waals surface area contributed by atoms with Gasteiger partial charge in [-0.15, -0.1) is 0 Å². The number of hydrogen-bond acceptors (Lipinski definition) is 3. The van der Waals surface area contributed by atoms with E-state index in [1.165, 1.54) is 5.56 Å². The summed E-state index contributed by atoms with van der Waals surface area (Å²) in [6, 6.07) is 11.1. The Hall–Kier alpha value is -1.39. The largest absolute Gasteiger partial charge is 0.375 e. The van der Waals surface area contributed by atoms with E-state index >= 15 is 0 Å². The topological polar surface area (TPSA) is 41.6 Å². The zero-order valence-corrected chi connectivity index (χ0v) is 13.0. The van der Waals surface area contributed by atoms with E-state index in [0.29, 0.717) is 12.0 Å². The van der Waals surface area contributed by atoms with Crippen LogP contribution in [0.3, 0.4) is 0 Å². The van der Waals surface area contributed by atoms with Crippen molar-refractivity contribution in [1.82, 2.24) is 10.2 Å². The molecule has 0 aromatic heterocycles. The van der Waals surface area contributed by atoms with Crippen molar-refractivity contribution in [3.05, 3.63) is 35.9 Å². The summed E-state index contributed by atoms with van der Waals surface area (Å²) < 4.78 is 4.90. The van der Waals surface area contributed by atoms with Crippen LogP contribution < -0.4 is 5.32 Å². The van der Waals surface area contributed by atoms with Crippen molar-refractivity contribution in [2.24, 2.45) is 0 Å². The van der Waals surface area contributed by atoms with Crippen LogP contribution in [0, 0.1) is 0 Å². The smallest absolute Gasteiger partial charge is 0.248 e. The Morgan fingerprint density at radius 3 is 2.62 bits per heavy atom. The molecule has 1 aliphatic rings. The van der Waals surface area contributed by atoms with Crippen LogP contribution >= 0.6 is 0 Å². The molecule has 1 fully saturated rings. The van der Waals surface area contributed by atoms with Crippen LogP contribution in [0.4, 0.5) is 0 Å². The highest BCUT2D eigenvalue weighted by molar-refractivity contribution is 5.77. The van der Waals surface area contributed by atoms with Crippen LogP contribution in [0.15, 0.2) is 30.3 Å². The zero-order valence-electron chi connectivity index (χ0n) is 13.0. The maximum absolute atomic E-state index is 11.7. The van der Waals surface area contributed by atoms with Crippen LogP contribution in [-0.4, -0.2) is 50.2 Å². The van der Waals surface area contributed by atoms with Gasteiger partial charge in [-0.3, -0.25) is 4.79 Å². The van der Waals surface area contributed by atoms with Crippen LogP contribution in [0.1, 0.15) is 31.2 Å². The number of likely N-dealkylation sites (tertiary alicyclic amines) is 1. The lowest BCUT2D eigenvalue weighted by molar-refractivity contribution is -0.136. The molecule has 1 heterocycles. The van der Waals surface area contributed by atoms with Gasteiger partial charge in [0.05, 0.1) is 0 Å². The van der Waals surface area contributed by atoms with Crippen molar-refractivity contribution in [3.63, 3.8) is 0 Å². The average Bonchev–Trinajstić information content (AvgIpc) is 2.54. The van der Waals surface area contributed by atoms with Crippen LogP contribution in [-0.2, 0) is 9.53 Å². The van der Waals surface area contributed by atoms with Gasteiger partial charge in [0.1, 0.15) is 6.61 Å². The monoisotopic (exact) mass is 290 g/mol. The highest BCUT2D eigenvalue weighted by Gasteiger charge is 2.22. The van der Waals surface area contributed by atoms with Crippen molar-refractivity contribution in [2.45, 2.75) is 31.7 Å². The molecule has 1 unspecified atom stereocenters. The van der Waals surface area contributed by atoms with E-state index in [4.69, 9.17) is 4.74 Å². The molecule has 1 aromatic rings. The lowest BCUT2D eigenvalue weighted by Gasteiger charge is -2.33. The summed E-state index contributed by atoms with van der Waals surface area (Å²) in [5.74, 6) is 0.618. The molecule has 2 rings (SSSR count). The summed E-state index contributed by atoms with van der Waals surface area (Å²) >= 11 is 0. The van der Waals surface area contributed by atoms with E-state index < -0.39 is 0 Å². The van der Waals surface area contributed by atoms with Gasteiger partial charge in [0, 0.05) is 32.8 Å². The zero-order chi connectivity index (χ0) is 15.1. The van der Waals surface area contributed by atoms with Crippen LogP contribution in [0.2, 0.25) is 0 Å². The van der Waals surface area contributed by atoms with Gasteiger partial charge < -0.3 is 15.0 Å². The first-order valence-electron chi connectivity index (χ1n) is 7.75. The summed E-state index contributed by atoms with van der Waals surface area (Å²) in [6.45, 7) is 5.10. The number of benzene rings is 1. The molecule has 1 amide bonds. The predicted octanol–water partition coefficient (Wildman–Crippen LogP) is 2.02.